The van der Waals surface area contributed by atoms with Crippen LogP contribution >= 0.6 is 0 Å². The van der Waals surface area contributed by atoms with Crippen molar-refractivity contribution in [3.8, 4) is 0 Å². The zero-order valence-electron chi connectivity index (χ0n) is 17.2. The van der Waals surface area contributed by atoms with Gasteiger partial charge in [0, 0.05) is 46.1 Å². The minimum absolute atomic E-state index is 0.0183. The molecular weight excluding hydrogens is 350 g/mol. The molecule has 2 aromatic rings. The summed E-state index contributed by atoms with van der Waals surface area (Å²) >= 11 is 0. The first-order chi connectivity index (χ1) is 13.5. The lowest BCUT2D eigenvalue weighted by molar-refractivity contribution is -0.128. The van der Waals surface area contributed by atoms with E-state index in [2.05, 4.69) is 51.6 Å². The first kappa shape index (κ1) is 20.3. The Hall–Kier alpha value is -2.47. The molecule has 1 saturated heterocycles. The fourth-order valence-corrected chi connectivity index (χ4v) is 3.68. The Balaban J connectivity index is 1.68. The van der Waals surface area contributed by atoms with Crippen molar-refractivity contribution in [1.82, 2.24) is 19.8 Å². The fourth-order valence-electron chi connectivity index (χ4n) is 3.68. The minimum atomic E-state index is 0.0183. The van der Waals surface area contributed by atoms with Crippen LogP contribution in [0.1, 0.15) is 42.8 Å². The molecule has 0 aliphatic carbocycles. The van der Waals surface area contributed by atoms with Crippen molar-refractivity contribution in [3.63, 3.8) is 0 Å². The second-order valence-corrected chi connectivity index (χ2v) is 7.59. The molecule has 1 fully saturated rings. The van der Waals surface area contributed by atoms with Gasteiger partial charge in [0.05, 0.1) is 12.2 Å². The molecule has 0 bridgehead atoms. The quantitative estimate of drug-likeness (QED) is 0.799. The summed E-state index contributed by atoms with van der Waals surface area (Å²) in [5, 5.41) is 3.14. The summed E-state index contributed by atoms with van der Waals surface area (Å²) in [4.78, 5) is 25.1. The molecule has 0 radical (unpaired) electrons. The molecule has 3 rings (SSSR count). The van der Waals surface area contributed by atoms with Gasteiger partial charge in [-0.25, -0.2) is 9.97 Å². The second-order valence-electron chi connectivity index (χ2n) is 7.59. The summed E-state index contributed by atoms with van der Waals surface area (Å²) in [6.07, 6.45) is 3.40. The molecule has 1 aliphatic rings. The van der Waals surface area contributed by atoms with Gasteiger partial charge in [0.1, 0.15) is 11.6 Å². The second kappa shape index (κ2) is 9.64. The van der Waals surface area contributed by atoms with E-state index < -0.39 is 0 Å². The van der Waals surface area contributed by atoms with E-state index in [4.69, 9.17) is 4.98 Å². The van der Waals surface area contributed by atoms with Crippen LogP contribution in [0.25, 0.3) is 0 Å². The van der Waals surface area contributed by atoms with Crippen LogP contribution in [-0.4, -0.2) is 59.4 Å². The molecule has 1 amide bonds. The zero-order valence-corrected chi connectivity index (χ0v) is 17.2. The predicted molar refractivity (Wildman–Crippen MR) is 112 cm³/mol. The minimum Gasteiger partial charge on any atom is -0.373 e. The lowest BCUT2D eigenvalue weighted by atomic mass is 9.94. The van der Waals surface area contributed by atoms with Crippen LogP contribution in [-0.2, 0) is 17.8 Å². The van der Waals surface area contributed by atoms with Crippen molar-refractivity contribution in [2.45, 2.75) is 38.6 Å². The zero-order chi connectivity index (χ0) is 19.9. The van der Waals surface area contributed by atoms with Crippen molar-refractivity contribution < 1.29 is 4.79 Å². The molecule has 2 heterocycles. The van der Waals surface area contributed by atoms with Crippen LogP contribution in [0.2, 0.25) is 0 Å². The van der Waals surface area contributed by atoms with Gasteiger partial charge in [-0.05, 0) is 31.4 Å². The van der Waals surface area contributed by atoms with Crippen LogP contribution in [0.5, 0.6) is 0 Å². The number of nitrogens with zero attached hydrogens (tertiary/aromatic N) is 4. The molecule has 0 spiro atoms. The lowest BCUT2D eigenvalue weighted by Gasteiger charge is -2.32. The van der Waals surface area contributed by atoms with E-state index in [1.807, 2.05) is 7.05 Å². The van der Waals surface area contributed by atoms with Crippen molar-refractivity contribution in [2.24, 2.45) is 0 Å². The smallest absolute Gasteiger partial charge is 0.219 e. The van der Waals surface area contributed by atoms with Crippen molar-refractivity contribution >= 4 is 11.7 Å². The molecule has 6 nitrogen and oxygen atoms in total. The number of rotatable bonds is 7. The molecule has 6 heteroatoms. The predicted octanol–water partition coefficient (Wildman–Crippen LogP) is 2.92. The third-order valence-corrected chi connectivity index (χ3v) is 5.45. The number of likely N-dealkylation sites (tertiary alicyclic amines) is 1. The maximum absolute atomic E-state index is 11.6. The monoisotopic (exact) mass is 381 g/mol. The Morgan fingerprint density at radius 2 is 2.07 bits per heavy atom. The van der Waals surface area contributed by atoms with E-state index in [-0.39, 0.29) is 5.91 Å². The maximum atomic E-state index is 11.6. The van der Waals surface area contributed by atoms with Gasteiger partial charge in [-0.3, -0.25) is 4.79 Å². The largest absolute Gasteiger partial charge is 0.373 e. The normalized spacial score (nSPS) is 17.3. The summed E-state index contributed by atoms with van der Waals surface area (Å²) in [6.45, 7) is 5.24. The van der Waals surface area contributed by atoms with E-state index >= 15 is 0 Å². The van der Waals surface area contributed by atoms with Gasteiger partial charge in [0.15, 0.2) is 0 Å². The highest BCUT2D eigenvalue weighted by atomic mass is 16.2. The number of aromatic nitrogens is 2. The Morgan fingerprint density at radius 3 is 2.79 bits per heavy atom. The van der Waals surface area contributed by atoms with Crippen molar-refractivity contribution in [3.05, 3.63) is 53.5 Å². The van der Waals surface area contributed by atoms with E-state index in [0.29, 0.717) is 18.3 Å². The van der Waals surface area contributed by atoms with Crippen LogP contribution in [0.15, 0.2) is 36.4 Å². The number of nitrogens with one attached hydrogen (secondary N) is 1. The number of hydrogen-bond donors (Lipinski definition) is 1. The summed E-state index contributed by atoms with van der Waals surface area (Å²) in [7, 11) is 3.65. The molecular formula is C22H31N5O. The first-order valence-electron chi connectivity index (χ1n) is 10.1. The summed E-state index contributed by atoms with van der Waals surface area (Å²) < 4.78 is 0. The van der Waals surface area contributed by atoms with Crippen LogP contribution in [0, 0.1) is 0 Å². The van der Waals surface area contributed by atoms with E-state index in [9.17, 15) is 4.79 Å². The van der Waals surface area contributed by atoms with Gasteiger partial charge in [-0.1, -0.05) is 30.3 Å². The van der Waals surface area contributed by atoms with Gasteiger partial charge in [0.2, 0.25) is 5.91 Å². The maximum Gasteiger partial charge on any atom is 0.219 e. The van der Waals surface area contributed by atoms with Gasteiger partial charge in [-0.2, -0.15) is 0 Å². The first-order valence-corrected chi connectivity index (χ1v) is 10.1. The highest BCUT2D eigenvalue weighted by Crippen LogP contribution is 2.27. The number of amides is 1. The standard InChI is InChI=1S/C22H31N5O/c1-17(28)26(3)16-22-24-20(14-21(23-2)25-22)19-10-7-12-27(15-19)13-11-18-8-5-4-6-9-18/h4-6,8-9,14,19H,7,10-13,15-16H2,1-3H3,(H,23,24,25). The third-order valence-electron chi connectivity index (χ3n) is 5.45. The highest BCUT2D eigenvalue weighted by molar-refractivity contribution is 5.72. The average Bonchev–Trinajstić information content (AvgIpc) is 2.73. The summed E-state index contributed by atoms with van der Waals surface area (Å²) in [5.41, 5.74) is 2.47. The summed E-state index contributed by atoms with van der Waals surface area (Å²) in [6, 6.07) is 12.7. The number of carbonyl (C=O) groups is 1. The molecule has 1 aliphatic heterocycles. The molecule has 28 heavy (non-hydrogen) atoms. The Morgan fingerprint density at radius 1 is 1.29 bits per heavy atom. The van der Waals surface area contributed by atoms with Crippen molar-refractivity contribution in [2.75, 3.05) is 39.0 Å². The molecule has 1 aromatic carbocycles. The number of piperidine rings is 1. The summed E-state index contributed by atoms with van der Waals surface area (Å²) in [5.74, 6) is 1.94. The fraction of sp³-hybridized carbons (Fsp3) is 0.500. The van der Waals surface area contributed by atoms with Crippen LogP contribution < -0.4 is 5.32 Å². The molecule has 1 aromatic heterocycles. The Kier molecular flexibility index (Phi) is 6.98. The Labute approximate surface area is 168 Å². The van der Waals surface area contributed by atoms with E-state index in [1.165, 1.54) is 12.0 Å². The Bertz CT molecular complexity index is 780. The van der Waals surface area contributed by atoms with E-state index in [0.717, 1.165) is 44.0 Å². The van der Waals surface area contributed by atoms with Gasteiger partial charge in [-0.15, -0.1) is 0 Å². The van der Waals surface area contributed by atoms with Crippen LogP contribution in [0.3, 0.4) is 0 Å². The number of hydrogen-bond acceptors (Lipinski definition) is 5. The number of benzene rings is 1. The topological polar surface area (TPSA) is 61.4 Å². The highest BCUT2D eigenvalue weighted by Gasteiger charge is 2.23. The van der Waals surface area contributed by atoms with Gasteiger partial charge >= 0.3 is 0 Å². The number of anilines is 1. The van der Waals surface area contributed by atoms with Crippen molar-refractivity contribution in [1.29, 1.82) is 0 Å². The van der Waals surface area contributed by atoms with Gasteiger partial charge in [0.25, 0.3) is 0 Å². The molecule has 1 atom stereocenters. The molecule has 150 valence electrons. The molecule has 1 unspecified atom stereocenters. The lowest BCUT2D eigenvalue weighted by Crippen LogP contribution is -2.36. The van der Waals surface area contributed by atoms with Gasteiger partial charge < -0.3 is 15.1 Å². The van der Waals surface area contributed by atoms with Crippen LogP contribution in [0.4, 0.5) is 5.82 Å². The SMILES string of the molecule is CNc1cc(C2CCCN(CCc3ccccc3)C2)nc(CN(C)C(C)=O)n1. The average molecular weight is 382 g/mol. The number of carbonyl (C=O) groups excluding carboxylic acids is 1. The third kappa shape index (κ3) is 5.52. The molecule has 0 saturated carbocycles. The van der Waals surface area contributed by atoms with E-state index in [1.54, 1.807) is 18.9 Å². The molecule has 1 N–H and O–H groups in total.